The van der Waals surface area contributed by atoms with Crippen LogP contribution in [0.1, 0.15) is 12.8 Å². The summed E-state index contributed by atoms with van der Waals surface area (Å²) in [7, 11) is 0. The molecule has 5 nitrogen and oxygen atoms in total. The van der Waals surface area contributed by atoms with E-state index in [9.17, 15) is 4.79 Å². The fourth-order valence-electron chi connectivity index (χ4n) is 1.63. The van der Waals surface area contributed by atoms with Crippen LogP contribution in [0.15, 0.2) is 41.8 Å². The Morgan fingerprint density at radius 2 is 2.24 bits per heavy atom. The molecule has 1 aromatic carbocycles. The molecule has 0 aliphatic carbocycles. The molecular weight excluding hydrogens is 308 g/mol. The van der Waals surface area contributed by atoms with Crippen LogP contribution in [0.25, 0.3) is 0 Å². The maximum Gasteiger partial charge on any atom is 0.224 e. The minimum Gasteiger partial charge on any atom is -0.397 e. The summed E-state index contributed by atoms with van der Waals surface area (Å²) in [6, 6.07) is 5.00. The van der Waals surface area contributed by atoms with Crippen molar-refractivity contribution in [2.45, 2.75) is 17.9 Å². The van der Waals surface area contributed by atoms with Gasteiger partial charge in [0.2, 0.25) is 5.91 Å². The minimum atomic E-state index is -0.0660. The Morgan fingerprint density at radius 1 is 1.38 bits per heavy atom. The molecule has 0 saturated carbocycles. The standard InChI is InChI=1S/C14H15ClN4OS/c15-10-3-4-12(11(16)8-10)19-13(20)2-1-7-21-14-9-17-5-6-18-14/h3-6,8-9H,1-2,7,16H2,(H,19,20). The Bertz CT molecular complexity index is 609. The first-order valence-electron chi connectivity index (χ1n) is 6.39. The van der Waals surface area contributed by atoms with E-state index in [2.05, 4.69) is 15.3 Å². The molecule has 0 aliphatic heterocycles. The fourth-order valence-corrected chi connectivity index (χ4v) is 2.58. The van der Waals surface area contributed by atoms with Crippen molar-refractivity contribution in [2.75, 3.05) is 16.8 Å². The van der Waals surface area contributed by atoms with E-state index in [1.54, 1.807) is 48.6 Å². The van der Waals surface area contributed by atoms with Crippen LogP contribution in [0.2, 0.25) is 5.02 Å². The second kappa shape index (κ2) is 7.85. The summed E-state index contributed by atoms with van der Waals surface area (Å²) in [5, 5.41) is 4.18. The van der Waals surface area contributed by atoms with Crippen LogP contribution in [-0.4, -0.2) is 21.6 Å². The molecule has 2 rings (SSSR count). The van der Waals surface area contributed by atoms with Crippen molar-refractivity contribution in [1.82, 2.24) is 9.97 Å². The van der Waals surface area contributed by atoms with Crippen molar-refractivity contribution in [3.8, 4) is 0 Å². The molecule has 0 saturated heterocycles. The summed E-state index contributed by atoms with van der Waals surface area (Å²) in [4.78, 5) is 20.0. The molecule has 1 amide bonds. The molecule has 2 aromatic rings. The molecular formula is C14H15ClN4OS. The number of thioether (sulfide) groups is 1. The van der Waals surface area contributed by atoms with Crippen LogP contribution in [0.3, 0.4) is 0 Å². The molecule has 0 spiro atoms. The number of rotatable bonds is 6. The van der Waals surface area contributed by atoms with Gasteiger partial charge in [-0.25, -0.2) is 4.98 Å². The monoisotopic (exact) mass is 322 g/mol. The predicted octanol–water partition coefficient (Wildman–Crippen LogP) is 3.22. The number of nitrogens with zero attached hydrogens (tertiary/aromatic N) is 2. The largest absolute Gasteiger partial charge is 0.397 e. The molecule has 110 valence electrons. The summed E-state index contributed by atoms with van der Waals surface area (Å²) in [6.07, 6.45) is 6.17. The van der Waals surface area contributed by atoms with Gasteiger partial charge >= 0.3 is 0 Å². The Balaban J connectivity index is 1.72. The van der Waals surface area contributed by atoms with Crippen LogP contribution in [0.4, 0.5) is 11.4 Å². The number of nitrogens with two attached hydrogens (primary N) is 1. The number of nitrogens with one attached hydrogen (secondary N) is 1. The lowest BCUT2D eigenvalue weighted by atomic mass is 10.2. The second-order valence-electron chi connectivity index (χ2n) is 4.28. The first-order chi connectivity index (χ1) is 10.1. The van der Waals surface area contributed by atoms with Crippen molar-refractivity contribution >= 4 is 40.6 Å². The molecule has 21 heavy (non-hydrogen) atoms. The molecule has 3 N–H and O–H groups in total. The fraction of sp³-hybridized carbons (Fsp3) is 0.214. The smallest absolute Gasteiger partial charge is 0.224 e. The molecule has 0 bridgehead atoms. The number of halogens is 1. The maximum absolute atomic E-state index is 11.8. The van der Waals surface area contributed by atoms with Crippen molar-refractivity contribution in [3.05, 3.63) is 41.8 Å². The molecule has 0 unspecified atom stereocenters. The van der Waals surface area contributed by atoms with Crippen LogP contribution >= 0.6 is 23.4 Å². The van der Waals surface area contributed by atoms with Gasteiger partial charge in [0.05, 0.1) is 17.6 Å². The molecule has 0 aliphatic rings. The molecule has 0 atom stereocenters. The van der Waals surface area contributed by atoms with E-state index in [0.29, 0.717) is 22.8 Å². The van der Waals surface area contributed by atoms with E-state index in [1.165, 1.54) is 0 Å². The summed E-state index contributed by atoms with van der Waals surface area (Å²) in [6.45, 7) is 0. The Morgan fingerprint density at radius 3 is 2.95 bits per heavy atom. The highest BCUT2D eigenvalue weighted by atomic mass is 35.5. The second-order valence-corrected chi connectivity index (χ2v) is 5.83. The Kier molecular flexibility index (Phi) is 5.83. The van der Waals surface area contributed by atoms with Gasteiger partial charge in [-0.1, -0.05) is 11.6 Å². The van der Waals surface area contributed by atoms with Gasteiger partial charge < -0.3 is 11.1 Å². The zero-order chi connectivity index (χ0) is 15.1. The van der Waals surface area contributed by atoms with E-state index in [0.717, 1.165) is 17.2 Å². The Hall–Kier alpha value is -1.79. The Labute approximate surface area is 132 Å². The quantitative estimate of drug-likeness (QED) is 0.485. The number of amides is 1. The van der Waals surface area contributed by atoms with Gasteiger partial charge in [0.15, 0.2) is 0 Å². The number of carbonyl (C=O) groups is 1. The summed E-state index contributed by atoms with van der Waals surface area (Å²) in [5.41, 5.74) is 6.83. The average Bonchev–Trinajstić information content (AvgIpc) is 2.48. The molecule has 0 fully saturated rings. The van der Waals surface area contributed by atoms with E-state index < -0.39 is 0 Å². The minimum absolute atomic E-state index is 0.0660. The molecule has 1 heterocycles. The van der Waals surface area contributed by atoms with E-state index in [-0.39, 0.29) is 5.91 Å². The highest BCUT2D eigenvalue weighted by Crippen LogP contribution is 2.23. The normalized spacial score (nSPS) is 10.3. The lowest BCUT2D eigenvalue weighted by Gasteiger charge is -2.08. The lowest BCUT2D eigenvalue weighted by Crippen LogP contribution is -2.12. The first-order valence-corrected chi connectivity index (χ1v) is 7.75. The number of anilines is 2. The third-order valence-electron chi connectivity index (χ3n) is 2.63. The van der Waals surface area contributed by atoms with Crippen LogP contribution in [0, 0.1) is 0 Å². The number of benzene rings is 1. The SMILES string of the molecule is Nc1cc(Cl)ccc1NC(=O)CCCSc1cnccn1. The van der Waals surface area contributed by atoms with E-state index in [1.807, 2.05) is 0 Å². The molecule has 1 aromatic heterocycles. The van der Waals surface area contributed by atoms with Gasteiger partial charge in [-0.15, -0.1) is 11.8 Å². The average molecular weight is 323 g/mol. The van der Waals surface area contributed by atoms with Crippen LogP contribution in [0.5, 0.6) is 0 Å². The van der Waals surface area contributed by atoms with Crippen molar-refractivity contribution in [3.63, 3.8) is 0 Å². The maximum atomic E-state index is 11.8. The van der Waals surface area contributed by atoms with Gasteiger partial charge in [-0.05, 0) is 24.6 Å². The molecule has 7 heteroatoms. The van der Waals surface area contributed by atoms with Gasteiger partial charge in [0.25, 0.3) is 0 Å². The summed E-state index contributed by atoms with van der Waals surface area (Å²) >= 11 is 7.39. The van der Waals surface area contributed by atoms with Gasteiger partial charge in [-0.2, -0.15) is 0 Å². The summed E-state index contributed by atoms with van der Waals surface area (Å²) in [5.74, 6) is 0.742. The topological polar surface area (TPSA) is 80.9 Å². The zero-order valence-corrected chi connectivity index (χ0v) is 12.8. The summed E-state index contributed by atoms with van der Waals surface area (Å²) < 4.78 is 0. The van der Waals surface area contributed by atoms with Gasteiger partial charge in [0, 0.05) is 29.6 Å². The lowest BCUT2D eigenvalue weighted by molar-refractivity contribution is -0.116. The zero-order valence-electron chi connectivity index (χ0n) is 11.3. The van der Waals surface area contributed by atoms with E-state index in [4.69, 9.17) is 17.3 Å². The van der Waals surface area contributed by atoms with Crippen LogP contribution in [-0.2, 0) is 4.79 Å². The number of carbonyl (C=O) groups excluding carboxylic acids is 1. The van der Waals surface area contributed by atoms with Gasteiger partial charge in [-0.3, -0.25) is 9.78 Å². The third kappa shape index (κ3) is 5.24. The van der Waals surface area contributed by atoms with Crippen molar-refractivity contribution < 1.29 is 4.79 Å². The molecule has 0 radical (unpaired) electrons. The van der Waals surface area contributed by atoms with Crippen molar-refractivity contribution in [2.24, 2.45) is 0 Å². The highest BCUT2D eigenvalue weighted by Gasteiger charge is 2.06. The van der Waals surface area contributed by atoms with Gasteiger partial charge in [0.1, 0.15) is 5.03 Å². The van der Waals surface area contributed by atoms with Crippen molar-refractivity contribution in [1.29, 1.82) is 0 Å². The number of aromatic nitrogens is 2. The predicted molar refractivity (Wildman–Crippen MR) is 86.5 cm³/mol. The van der Waals surface area contributed by atoms with E-state index >= 15 is 0 Å². The number of hydrogen-bond donors (Lipinski definition) is 2. The third-order valence-corrected chi connectivity index (χ3v) is 3.86. The highest BCUT2D eigenvalue weighted by molar-refractivity contribution is 7.99. The number of hydrogen-bond acceptors (Lipinski definition) is 5. The van der Waals surface area contributed by atoms with Crippen LogP contribution < -0.4 is 11.1 Å². The first kappa shape index (κ1) is 15.6. The number of nitrogen functional groups attached to an aromatic ring is 1.